The lowest BCUT2D eigenvalue weighted by Gasteiger charge is -2.04. The van der Waals surface area contributed by atoms with Gasteiger partial charge in [0.1, 0.15) is 0 Å². The highest BCUT2D eigenvalue weighted by molar-refractivity contribution is 5.87. The highest BCUT2D eigenvalue weighted by Gasteiger charge is 2.10. The van der Waals surface area contributed by atoms with Gasteiger partial charge in [0.05, 0.1) is 5.69 Å². The molecule has 3 aromatic heterocycles. The van der Waals surface area contributed by atoms with Crippen LogP contribution in [-0.4, -0.2) is 25.7 Å². The van der Waals surface area contributed by atoms with Crippen LogP contribution >= 0.6 is 0 Å². The molecular formula is C22H20N6. The molecule has 0 radical (unpaired) electrons. The summed E-state index contributed by atoms with van der Waals surface area (Å²) in [5.41, 5.74) is 9.54. The van der Waals surface area contributed by atoms with Crippen molar-refractivity contribution in [1.82, 2.24) is 19.2 Å². The Kier molecular flexibility index (Phi) is 4.03. The zero-order chi connectivity index (χ0) is 18.9. The first kappa shape index (κ1) is 16.5. The van der Waals surface area contributed by atoms with Crippen LogP contribution in [0.4, 0.5) is 11.6 Å². The summed E-state index contributed by atoms with van der Waals surface area (Å²) >= 11 is 0. The van der Waals surface area contributed by atoms with Gasteiger partial charge >= 0.3 is 0 Å². The summed E-state index contributed by atoms with van der Waals surface area (Å²) < 4.78 is 4.01. The normalized spacial score (nSPS) is 11.3. The molecule has 6 heteroatoms. The molecule has 0 bridgehead atoms. The maximum atomic E-state index is 5.68. The number of pyridine rings is 1. The Morgan fingerprint density at radius 1 is 0.893 bits per heavy atom. The average molecular weight is 368 g/mol. The Balaban J connectivity index is 1.55. The first-order valence-corrected chi connectivity index (χ1v) is 9.28. The Morgan fingerprint density at radius 2 is 1.75 bits per heavy atom. The molecule has 0 unspecified atom stereocenters. The number of rotatable bonds is 5. The predicted molar refractivity (Wildman–Crippen MR) is 113 cm³/mol. The van der Waals surface area contributed by atoms with Gasteiger partial charge in [0.15, 0.2) is 5.65 Å². The molecular weight excluding hydrogens is 348 g/mol. The van der Waals surface area contributed by atoms with Crippen LogP contribution in [0.3, 0.4) is 0 Å². The van der Waals surface area contributed by atoms with Crippen molar-refractivity contribution < 1.29 is 0 Å². The second-order valence-corrected chi connectivity index (χ2v) is 6.74. The molecule has 0 aliphatic rings. The molecule has 0 spiro atoms. The summed E-state index contributed by atoms with van der Waals surface area (Å²) in [6.07, 6.45) is 4.26. The molecule has 0 saturated carbocycles. The third-order valence-electron chi connectivity index (χ3n) is 4.77. The van der Waals surface area contributed by atoms with Crippen molar-refractivity contribution in [2.24, 2.45) is 5.73 Å². The van der Waals surface area contributed by atoms with Gasteiger partial charge in [-0.1, -0.05) is 36.4 Å². The largest absolute Gasteiger partial charge is 0.352 e. The van der Waals surface area contributed by atoms with Crippen molar-refractivity contribution in [2.45, 2.75) is 6.54 Å². The first-order valence-electron chi connectivity index (χ1n) is 9.28. The van der Waals surface area contributed by atoms with E-state index in [1.54, 1.807) is 0 Å². The second kappa shape index (κ2) is 6.83. The fourth-order valence-corrected chi connectivity index (χ4v) is 3.46. The number of hydrogen-bond donors (Lipinski definition) is 2. The second-order valence-electron chi connectivity index (χ2n) is 6.74. The maximum Gasteiger partial charge on any atom is 0.247 e. The van der Waals surface area contributed by atoms with Gasteiger partial charge < -0.3 is 15.6 Å². The van der Waals surface area contributed by atoms with Crippen LogP contribution in [-0.2, 0) is 6.54 Å². The zero-order valence-corrected chi connectivity index (χ0v) is 15.3. The highest BCUT2D eigenvalue weighted by Crippen LogP contribution is 2.26. The van der Waals surface area contributed by atoms with Gasteiger partial charge in [-0.15, -0.1) is 5.10 Å². The van der Waals surface area contributed by atoms with E-state index in [0.717, 1.165) is 29.1 Å². The number of benzene rings is 2. The number of nitrogens with one attached hydrogen (secondary N) is 1. The van der Waals surface area contributed by atoms with Gasteiger partial charge in [0, 0.05) is 36.7 Å². The van der Waals surface area contributed by atoms with Crippen molar-refractivity contribution in [3.05, 3.63) is 79.1 Å². The molecule has 6 nitrogen and oxygen atoms in total. The Labute approximate surface area is 162 Å². The minimum absolute atomic E-state index is 0.578. The number of nitrogens with two attached hydrogens (primary N) is 1. The summed E-state index contributed by atoms with van der Waals surface area (Å²) in [7, 11) is 0. The Morgan fingerprint density at radius 3 is 2.61 bits per heavy atom. The molecule has 0 aliphatic heterocycles. The predicted octanol–water partition coefficient (Wildman–Crippen LogP) is 4.05. The van der Waals surface area contributed by atoms with E-state index in [-0.39, 0.29) is 0 Å². The highest BCUT2D eigenvalue weighted by atomic mass is 15.4. The number of fused-ring (bicyclic) bond motifs is 2. The van der Waals surface area contributed by atoms with Crippen LogP contribution in [0.15, 0.2) is 79.1 Å². The van der Waals surface area contributed by atoms with Crippen molar-refractivity contribution >= 4 is 28.1 Å². The number of anilines is 2. The smallest absolute Gasteiger partial charge is 0.247 e. The molecule has 0 saturated heterocycles. The van der Waals surface area contributed by atoms with Crippen molar-refractivity contribution in [2.75, 3.05) is 11.9 Å². The maximum absolute atomic E-state index is 5.68. The molecule has 0 aliphatic carbocycles. The van der Waals surface area contributed by atoms with E-state index in [1.165, 1.54) is 10.8 Å². The molecule has 0 amide bonds. The number of hydrogen-bond acceptors (Lipinski definition) is 4. The van der Waals surface area contributed by atoms with E-state index >= 15 is 0 Å². The average Bonchev–Trinajstić information content (AvgIpc) is 3.31. The fourth-order valence-electron chi connectivity index (χ4n) is 3.46. The number of nitrogens with zero attached hydrogens (tertiary/aromatic N) is 4. The SMILES string of the molecule is NCCn1cc2ccc(-c3cccc4nc(Nc5ccccc5)nn34)cc2c1. The van der Waals surface area contributed by atoms with Crippen molar-refractivity contribution in [3.8, 4) is 11.3 Å². The minimum atomic E-state index is 0.578. The quantitative estimate of drug-likeness (QED) is 0.491. The monoisotopic (exact) mass is 368 g/mol. The van der Waals surface area contributed by atoms with Gasteiger partial charge in [-0.2, -0.15) is 4.98 Å². The Bertz CT molecular complexity index is 1250. The molecule has 5 rings (SSSR count). The molecule has 0 atom stereocenters. The van der Waals surface area contributed by atoms with E-state index in [1.807, 2.05) is 47.0 Å². The summed E-state index contributed by atoms with van der Waals surface area (Å²) in [5, 5.41) is 10.3. The van der Waals surface area contributed by atoms with Gasteiger partial charge in [0.2, 0.25) is 5.95 Å². The van der Waals surface area contributed by atoms with Crippen LogP contribution in [0.2, 0.25) is 0 Å². The minimum Gasteiger partial charge on any atom is -0.352 e. The lowest BCUT2D eigenvalue weighted by molar-refractivity contribution is 0.716. The summed E-state index contributed by atoms with van der Waals surface area (Å²) in [4.78, 5) is 4.61. The third-order valence-corrected chi connectivity index (χ3v) is 4.77. The van der Waals surface area contributed by atoms with Crippen molar-refractivity contribution in [3.63, 3.8) is 0 Å². The molecule has 28 heavy (non-hydrogen) atoms. The standard InChI is InChI=1S/C22H20N6/c23-11-12-27-14-17-10-9-16(13-18(17)15-27)20-7-4-8-21-25-22(26-28(20)21)24-19-5-2-1-3-6-19/h1-10,13-15H,11-12,23H2,(H,24,26). The summed E-state index contributed by atoms with van der Waals surface area (Å²) in [5.74, 6) is 0.578. The first-order chi connectivity index (χ1) is 13.8. The molecule has 3 N–H and O–H groups in total. The molecule has 0 fully saturated rings. The van der Waals surface area contributed by atoms with Crippen LogP contribution in [0.5, 0.6) is 0 Å². The van der Waals surface area contributed by atoms with Gasteiger partial charge in [0.25, 0.3) is 0 Å². The van der Waals surface area contributed by atoms with E-state index in [2.05, 4.69) is 56.6 Å². The molecule has 138 valence electrons. The third kappa shape index (κ3) is 3.00. The van der Waals surface area contributed by atoms with Crippen LogP contribution in [0, 0.1) is 0 Å². The Hall–Kier alpha value is -3.64. The number of aromatic nitrogens is 4. The summed E-state index contributed by atoms with van der Waals surface area (Å²) in [6, 6.07) is 22.4. The van der Waals surface area contributed by atoms with Crippen molar-refractivity contribution in [1.29, 1.82) is 0 Å². The van der Waals surface area contributed by atoms with E-state index < -0.39 is 0 Å². The van der Waals surface area contributed by atoms with Crippen LogP contribution in [0.25, 0.3) is 27.7 Å². The number of para-hydroxylation sites is 1. The molecule has 2 aromatic carbocycles. The van der Waals surface area contributed by atoms with E-state index in [4.69, 9.17) is 5.73 Å². The summed E-state index contributed by atoms with van der Waals surface area (Å²) in [6.45, 7) is 1.44. The van der Waals surface area contributed by atoms with Crippen LogP contribution in [0.1, 0.15) is 0 Å². The van der Waals surface area contributed by atoms with Gasteiger partial charge in [-0.3, -0.25) is 0 Å². The lowest BCUT2D eigenvalue weighted by atomic mass is 10.1. The van der Waals surface area contributed by atoms with E-state index in [0.29, 0.717) is 12.5 Å². The fraction of sp³-hybridized carbons (Fsp3) is 0.0909. The molecule has 3 heterocycles. The van der Waals surface area contributed by atoms with Gasteiger partial charge in [-0.25, -0.2) is 4.52 Å². The molecule has 5 aromatic rings. The topological polar surface area (TPSA) is 73.2 Å². The lowest BCUT2D eigenvalue weighted by Crippen LogP contribution is -2.07. The van der Waals surface area contributed by atoms with E-state index in [9.17, 15) is 0 Å². The van der Waals surface area contributed by atoms with Gasteiger partial charge in [-0.05, 0) is 41.1 Å². The zero-order valence-electron chi connectivity index (χ0n) is 15.3. The van der Waals surface area contributed by atoms with Crippen LogP contribution < -0.4 is 11.1 Å².